The summed E-state index contributed by atoms with van der Waals surface area (Å²) in [6.45, 7) is 4.72. The lowest BCUT2D eigenvalue weighted by atomic mass is 10.3. The van der Waals surface area contributed by atoms with Crippen LogP contribution in [0.4, 0.5) is 0 Å². The van der Waals surface area contributed by atoms with Gasteiger partial charge in [0.2, 0.25) is 0 Å². The molecule has 1 heterocycles. The van der Waals surface area contributed by atoms with Crippen LogP contribution in [0.5, 0.6) is 0 Å². The van der Waals surface area contributed by atoms with Gasteiger partial charge in [0.1, 0.15) is 0 Å². The van der Waals surface area contributed by atoms with E-state index in [0.717, 1.165) is 49.9 Å². The minimum absolute atomic E-state index is 0.751. The zero-order valence-electron chi connectivity index (χ0n) is 10.0. The molecule has 2 rings (SSSR count). The van der Waals surface area contributed by atoms with Crippen LogP contribution in [0.3, 0.4) is 0 Å². The van der Waals surface area contributed by atoms with E-state index in [1.165, 1.54) is 0 Å². The highest BCUT2D eigenvalue weighted by molar-refractivity contribution is 7.85. The summed E-state index contributed by atoms with van der Waals surface area (Å²) in [6, 6.07) is 9.70. The molecule has 1 atom stereocenters. The lowest BCUT2D eigenvalue weighted by molar-refractivity contribution is 0.0381. The summed E-state index contributed by atoms with van der Waals surface area (Å²) >= 11 is 0. The lowest BCUT2D eigenvalue weighted by Gasteiger charge is -2.26. The van der Waals surface area contributed by atoms with Crippen LogP contribution < -0.4 is 0 Å². The van der Waals surface area contributed by atoms with Crippen LogP contribution in [0.2, 0.25) is 0 Å². The number of rotatable bonds is 5. The van der Waals surface area contributed by atoms with E-state index >= 15 is 0 Å². The van der Waals surface area contributed by atoms with Gasteiger partial charge in [0.05, 0.1) is 24.0 Å². The van der Waals surface area contributed by atoms with Gasteiger partial charge < -0.3 is 4.74 Å². The molecule has 17 heavy (non-hydrogen) atoms. The van der Waals surface area contributed by atoms with Gasteiger partial charge in [-0.1, -0.05) is 18.2 Å². The molecule has 0 radical (unpaired) electrons. The molecule has 0 bridgehead atoms. The van der Waals surface area contributed by atoms with Crippen molar-refractivity contribution in [1.29, 1.82) is 0 Å². The molecule has 0 aromatic heterocycles. The second-order valence-corrected chi connectivity index (χ2v) is 5.74. The molecule has 1 unspecified atom stereocenters. The fraction of sp³-hybridized carbons (Fsp3) is 0.538. The van der Waals surface area contributed by atoms with E-state index in [1.807, 2.05) is 30.3 Å². The minimum atomic E-state index is -0.846. The third kappa shape index (κ3) is 4.22. The molecule has 3 nitrogen and oxygen atoms in total. The van der Waals surface area contributed by atoms with E-state index in [1.54, 1.807) is 0 Å². The van der Waals surface area contributed by atoms with Gasteiger partial charge in [-0.2, -0.15) is 0 Å². The first-order valence-corrected chi connectivity index (χ1v) is 7.42. The lowest BCUT2D eigenvalue weighted by Crippen LogP contribution is -2.37. The Bertz CT molecular complexity index is 350. The fourth-order valence-electron chi connectivity index (χ4n) is 1.93. The van der Waals surface area contributed by atoms with Gasteiger partial charge in [-0.15, -0.1) is 0 Å². The van der Waals surface area contributed by atoms with Gasteiger partial charge >= 0.3 is 0 Å². The van der Waals surface area contributed by atoms with Crippen LogP contribution in [0, 0.1) is 0 Å². The fourth-order valence-corrected chi connectivity index (χ4v) is 3.02. The van der Waals surface area contributed by atoms with Crippen LogP contribution >= 0.6 is 0 Å². The Kier molecular flexibility index (Phi) is 5.16. The van der Waals surface area contributed by atoms with E-state index in [-0.39, 0.29) is 0 Å². The van der Waals surface area contributed by atoms with Crippen LogP contribution in [-0.4, -0.2) is 47.7 Å². The van der Waals surface area contributed by atoms with Crippen LogP contribution in [0.25, 0.3) is 0 Å². The van der Waals surface area contributed by atoms with E-state index in [2.05, 4.69) is 4.90 Å². The van der Waals surface area contributed by atoms with Crippen molar-refractivity contribution in [3.8, 4) is 0 Å². The highest BCUT2D eigenvalue weighted by Gasteiger charge is 2.10. The normalized spacial score (nSPS) is 19.1. The Balaban J connectivity index is 1.69. The molecule has 1 aliphatic heterocycles. The van der Waals surface area contributed by atoms with Crippen LogP contribution in [-0.2, 0) is 15.5 Å². The average Bonchev–Trinajstić information content (AvgIpc) is 2.41. The van der Waals surface area contributed by atoms with E-state index < -0.39 is 10.8 Å². The summed E-state index contributed by atoms with van der Waals surface area (Å²) in [4.78, 5) is 3.32. The summed E-state index contributed by atoms with van der Waals surface area (Å²) in [5.74, 6) is 0.751. The van der Waals surface area contributed by atoms with Crippen molar-refractivity contribution in [2.45, 2.75) is 11.3 Å². The third-order valence-corrected chi connectivity index (χ3v) is 4.37. The maximum absolute atomic E-state index is 12.0. The maximum Gasteiger partial charge on any atom is 0.0594 e. The van der Waals surface area contributed by atoms with Crippen molar-refractivity contribution in [3.05, 3.63) is 30.3 Å². The number of hydrogen-bond acceptors (Lipinski definition) is 3. The monoisotopic (exact) mass is 253 g/mol. The molecule has 0 saturated carbocycles. The smallest absolute Gasteiger partial charge is 0.0594 e. The topological polar surface area (TPSA) is 29.5 Å². The maximum atomic E-state index is 12.0. The molecule has 0 spiro atoms. The molecule has 1 fully saturated rings. The van der Waals surface area contributed by atoms with Crippen molar-refractivity contribution in [1.82, 2.24) is 4.90 Å². The third-order valence-electron chi connectivity index (χ3n) is 2.91. The Morgan fingerprint density at radius 3 is 2.59 bits per heavy atom. The van der Waals surface area contributed by atoms with Crippen molar-refractivity contribution in [2.75, 3.05) is 38.6 Å². The first kappa shape index (κ1) is 12.7. The molecule has 0 N–H and O–H groups in total. The highest BCUT2D eigenvalue weighted by Crippen LogP contribution is 2.07. The van der Waals surface area contributed by atoms with E-state index in [0.29, 0.717) is 0 Å². The first-order valence-electron chi connectivity index (χ1n) is 6.10. The van der Waals surface area contributed by atoms with Gasteiger partial charge in [-0.05, 0) is 25.1 Å². The molecule has 1 saturated heterocycles. The van der Waals surface area contributed by atoms with Crippen molar-refractivity contribution in [2.24, 2.45) is 0 Å². The first-order chi connectivity index (χ1) is 8.36. The largest absolute Gasteiger partial charge is 0.379 e. The van der Waals surface area contributed by atoms with Crippen LogP contribution in [0.15, 0.2) is 35.2 Å². The minimum Gasteiger partial charge on any atom is -0.379 e. The summed E-state index contributed by atoms with van der Waals surface area (Å²) in [5.41, 5.74) is 0. The Hall–Kier alpha value is -0.710. The van der Waals surface area contributed by atoms with Gasteiger partial charge in [0.15, 0.2) is 0 Å². The number of benzene rings is 1. The number of hydrogen-bond donors (Lipinski definition) is 0. The number of ether oxygens (including phenoxy) is 1. The molecule has 1 aromatic carbocycles. The molecule has 1 aliphatic rings. The number of morpholine rings is 1. The Labute approximate surface area is 105 Å². The second kappa shape index (κ2) is 6.89. The zero-order chi connectivity index (χ0) is 11.9. The molecule has 4 heteroatoms. The summed E-state index contributed by atoms with van der Waals surface area (Å²) in [7, 11) is -0.846. The van der Waals surface area contributed by atoms with Gasteiger partial charge in [0.25, 0.3) is 0 Å². The SMILES string of the molecule is O=S(CCCN1CCOCC1)c1ccccc1. The summed E-state index contributed by atoms with van der Waals surface area (Å²) < 4.78 is 17.2. The predicted molar refractivity (Wildman–Crippen MR) is 69.6 cm³/mol. The zero-order valence-corrected chi connectivity index (χ0v) is 10.8. The Morgan fingerprint density at radius 1 is 1.18 bits per heavy atom. The van der Waals surface area contributed by atoms with Crippen molar-refractivity contribution >= 4 is 10.8 Å². The quantitative estimate of drug-likeness (QED) is 0.797. The molecule has 0 aliphatic carbocycles. The standard InChI is InChI=1S/C13H19NO2S/c15-17(13-5-2-1-3-6-13)12-4-7-14-8-10-16-11-9-14/h1-3,5-6H,4,7-12H2. The summed E-state index contributed by atoms with van der Waals surface area (Å²) in [5, 5.41) is 0. The molecule has 94 valence electrons. The predicted octanol–water partition coefficient (Wildman–Crippen LogP) is 1.52. The van der Waals surface area contributed by atoms with Crippen molar-refractivity contribution in [3.63, 3.8) is 0 Å². The van der Waals surface area contributed by atoms with Gasteiger partial charge in [0, 0.05) is 23.7 Å². The van der Waals surface area contributed by atoms with Crippen LogP contribution in [0.1, 0.15) is 6.42 Å². The van der Waals surface area contributed by atoms with Crippen molar-refractivity contribution < 1.29 is 8.95 Å². The molecular weight excluding hydrogens is 234 g/mol. The number of nitrogens with zero attached hydrogens (tertiary/aromatic N) is 1. The molecule has 0 amide bonds. The Morgan fingerprint density at radius 2 is 1.88 bits per heavy atom. The van der Waals surface area contributed by atoms with Gasteiger partial charge in [-0.25, -0.2) is 0 Å². The van der Waals surface area contributed by atoms with Gasteiger partial charge in [-0.3, -0.25) is 9.11 Å². The van der Waals surface area contributed by atoms with E-state index in [9.17, 15) is 4.21 Å². The van der Waals surface area contributed by atoms with E-state index in [4.69, 9.17) is 4.74 Å². The average molecular weight is 253 g/mol. The second-order valence-electron chi connectivity index (χ2n) is 4.17. The summed E-state index contributed by atoms with van der Waals surface area (Å²) in [6.07, 6.45) is 0.988. The molecular formula is C13H19NO2S. The molecule has 1 aromatic rings. The highest BCUT2D eigenvalue weighted by atomic mass is 32.2.